The largest absolute Gasteiger partial charge is 0.493 e. The van der Waals surface area contributed by atoms with E-state index in [-0.39, 0.29) is 6.04 Å². The number of anilines is 1. The van der Waals surface area contributed by atoms with E-state index in [1.165, 1.54) is 0 Å². The van der Waals surface area contributed by atoms with Gasteiger partial charge in [-0.25, -0.2) is 4.68 Å². The topological polar surface area (TPSA) is 61.2 Å². The number of aromatic nitrogens is 3. The third kappa shape index (κ3) is 2.94. The molecule has 6 nitrogen and oxygen atoms in total. The fourth-order valence-corrected chi connectivity index (χ4v) is 3.27. The van der Waals surface area contributed by atoms with Gasteiger partial charge in [-0.05, 0) is 42.0 Å². The number of rotatable bonds is 4. The van der Waals surface area contributed by atoms with Crippen molar-refractivity contribution < 1.29 is 9.47 Å². The van der Waals surface area contributed by atoms with Crippen LogP contribution >= 0.6 is 15.9 Å². The van der Waals surface area contributed by atoms with Gasteiger partial charge in [0, 0.05) is 15.7 Å². The summed E-state index contributed by atoms with van der Waals surface area (Å²) in [5.74, 6) is 2.07. The third-order valence-corrected chi connectivity index (χ3v) is 4.84. The SMILES string of the molecule is COc1ccc(C2=C[C@@H](c3ccc(Br)cc3)n3ncnc3N2)cc1OC. The normalized spacial score (nSPS) is 15.7. The van der Waals surface area contributed by atoms with Crippen molar-refractivity contribution >= 4 is 27.6 Å². The lowest BCUT2D eigenvalue weighted by Gasteiger charge is -2.24. The van der Waals surface area contributed by atoms with Crippen LogP contribution in [0.3, 0.4) is 0 Å². The molecule has 0 radical (unpaired) electrons. The van der Waals surface area contributed by atoms with E-state index in [0.717, 1.165) is 21.3 Å². The van der Waals surface area contributed by atoms with E-state index in [4.69, 9.17) is 9.47 Å². The molecule has 0 saturated heterocycles. The molecule has 1 aliphatic rings. The van der Waals surface area contributed by atoms with E-state index in [1.54, 1.807) is 20.5 Å². The number of ether oxygens (including phenoxy) is 2. The lowest BCUT2D eigenvalue weighted by atomic mass is 10.0. The minimum Gasteiger partial charge on any atom is -0.493 e. The Morgan fingerprint density at radius 3 is 2.54 bits per heavy atom. The smallest absolute Gasteiger partial charge is 0.226 e. The first-order valence-corrected chi connectivity index (χ1v) is 8.85. The molecule has 1 aliphatic heterocycles. The Balaban J connectivity index is 1.78. The third-order valence-electron chi connectivity index (χ3n) is 4.31. The molecule has 132 valence electrons. The van der Waals surface area contributed by atoms with E-state index in [2.05, 4.69) is 49.5 Å². The maximum absolute atomic E-state index is 5.43. The van der Waals surface area contributed by atoms with Crippen molar-refractivity contribution in [1.29, 1.82) is 0 Å². The van der Waals surface area contributed by atoms with Crippen molar-refractivity contribution in [1.82, 2.24) is 14.8 Å². The predicted octanol–water partition coefficient (Wildman–Crippen LogP) is 4.11. The summed E-state index contributed by atoms with van der Waals surface area (Å²) in [5.41, 5.74) is 3.05. The van der Waals surface area contributed by atoms with Crippen molar-refractivity contribution in [3.05, 3.63) is 70.5 Å². The minimum atomic E-state index is -0.0510. The molecule has 1 aromatic heterocycles. The highest BCUT2D eigenvalue weighted by Gasteiger charge is 2.23. The highest BCUT2D eigenvalue weighted by atomic mass is 79.9. The molecule has 2 heterocycles. The predicted molar refractivity (Wildman–Crippen MR) is 103 cm³/mol. The molecule has 7 heteroatoms. The summed E-state index contributed by atoms with van der Waals surface area (Å²) in [4.78, 5) is 4.34. The highest BCUT2D eigenvalue weighted by molar-refractivity contribution is 9.10. The first-order valence-electron chi connectivity index (χ1n) is 8.06. The summed E-state index contributed by atoms with van der Waals surface area (Å²) in [5, 5.41) is 7.71. The second kappa shape index (κ2) is 6.84. The Bertz CT molecular complexity index is 966. The Morgan fingerprint density at radius 2 is 1.81 bits per heavy atom. The number of hydrogen-bond acceptors (Lipinski definition) is 5. The van der Waals surface area contributed by atoms with Crippen LogP contribution < -0.4 is 14.8 Å². The maximum atomic E-state index is 5.43. The number of halogens is 1. The standard InChI is InChI=1S/C19H17BrN4O2/c1-25-17-8-5-13(9-18(17)26-2)15-10-16(12-3-6-14(20)7-4-12)24-19(23-15)21-11-22-24/h3-11,16H,1-2H3,(H,21,22,23)/t16-/m0/s1. The van der Waals surface area contributed by atoms with Crippen LogP contribution in [0.15, 0.2) is 59.3 Å². The van der Waals surface area contributed by atoms with E-state index in [9.17, 15) is 0 Å². The van der Waals surface area contributed by atoms with Crippen molar-refractivity contribution in [3.8, 4) is 11.5 Å². The Labute approximate surface area is 159 Å². The first kappa shape index (κ1) is 16.7. The molecular weight excluding hydrogens is 396 g/mol. The van der Waals surface area contributed by atoms with Crippen molar-refractivity contribution in [2.24, 2.45) is 0 Å². The summed E-state index contributed by atoms with van der Waals surface area (Å²) in [6.45, 7) is 0. The van der Waals surface area contributed by atoms with Gasteiger partial charge in [0.15, 0.2) is 11.5 Å². The summed E-state index contributed by atoms with van der Waals surface area (Å²) in [6.07, 6.45) is 3.69. The van der Waals surface area contributed by atoms with Gasteiger partial charge in [-0.15, -0.1) is 0 Å². The van der Waals surface area contributed by atoms with Gasteiger partial charge in [0.2, 0.25) is 5.95 Å². The van der Waals surface area contributed by atoms with Gasteiger partial charge in [-0.1, -0.05) is 28.1 Å². The zero-order valence-electron chi connectivity index (χ0n) is 14.3. The van der Waals surface area contributed by atoms with Gasteiger partial charge < -0.3 is 14.8 Å². The number of hydrogen-bond donors (Lipinski definition) is 1. The van der Waals surface area contributed by atoms with E-state index >= 15 is 0 Å². The molecule has 3 aromatic rings. The average molecular weight is 413 g/mol. The van der Waals surface area contributed by atoms with E-state index in [0.29, 0.717) is 17.4 Å². The minimum absolute atomic E-state index is 0.0510. The van der Waals surface area contributed by atoms with Crippen LogP contribution in [-0.2, 0) is 0 Å². The molecule has 0 saturated carbocycles. The first-order chi connectivity index (χ1) is 12.7. The van der Waals surface area contributed by atoms with Gasteiger partial charge >= 0.3 is 0 Å². The quantitative estimate of drug-likeness (QED) is 0.698. The lowest BCUT2D eigenvalue weighted by molar-refractivity contribution is 0.355. The van der Waals surface area contributed by atoms with Gasteiger partial charge in [-0.2, -0.15) is 10.1 Å². The molecule has 4 rings (SSSR count). The van der Waals surface area contributed by atoms with E-state index < -0.39 is 0 Å². The summed E-state index contributed by atoms with van der Waals surface area (Å²) >= 11 is 3.48. The van der Waals surface area contributed by atoms with Crippen molar-refractivity contribution in [2.45, 2.75) is 6.04 Å². The van der Waals surface area contributed by atoms with Crippen LogP contribution in [-0.4, -0.2) is 29.0 Å². The Hall–Kier alpha value is -2.80. The molecule has 0 aliphatic carbocycles. The summed E-state index contributed by atoms with van der Waals surface area (Å²) in [7, 11) is 3.26. The molecule has 0 fully saturated rings. The fourth-order valence-electron chi connectivity index (χ4n) is 3.00. The molecule has 26 heavy (non-hydrogen) atoms. The number of benzene rings is 2. The number of methoxy groups -OCH3 is 2. The van der Waals surface area contributed by atoms with Crippen molar-refractivity contribution in [3.63, 3.8) is 0 Å². The Morgan fingerprint density at radius 1 is 1.04 bits per heavy atom. The second-order valence-corrected chi connectivity index (χ2v) is 6.72. The van der Waals surface area contributed by atoms with Crippen LogP contribution in [0.5, 0.6) is 11.5 Å². The average Bonchev–Trinajstić information content (AvgIpc) is 3.16. The van der Waals surface area contributed by atoms with E-state index in [1.807, 2.05) is 35.0 Å². The van der Waals surface area contributed by atoms with Crippen molar-refractivity contribution in [2.75, 3.05) is 19.5 Å². The van der Waals surface area contributed by atoms with Crippen LogP contribution in [0.25, 0.3) is 5.70 Å². The molecule has 0 unspecified atom stereocenters. The lowest BCUT2D eigenvalue weighted by Crippen LogP contribution is -2.20. The monoisotopic (exact) mass is 412 g/mol. The molecule has 0 spiro atoms. The summed E-state index contributed by atoms with van der Waals surface area (Å²) in [6, 6.07) is 14.0. The van der Waals surface area contributed by atoms with Crippen LogP contribution in [0.2, 0.25) is 0 Å². The number of allylic oxidation sites excluding steroid dienone is 1. The zero-order chi connectivity index (χ0) is 18.1. The molecule has 1 N–H and O–H groups in total. The van der Waals surface area contributed by atoms with Gasteiger partial charge in [0.05, 0.1) is 14.2 Å². The maximum Gasteiger partial charge on any atom is 0.226 e. The number of nitrogens with one attached hydrogen (secondary N) is 1. The molecule has 0 amide bonds. The molecule has 1 atom stereocenters. The summed E-state index contributed by atoms with van der Waals surface area (Å²) < 4.78 is 13.7. The zero-order valence-corrected chi connectivity index (χ0v) is 15.9. The van der Waals surface area contributed by atoms with Gasteiger partial charge in [0.1, 0.15) is 12.4 Å². The second-order valence-electron chi connectivity index (χ2n) is 5.80. The molecule has 0 bridgehead atoms. The van der Waals surface area contributed by atoms with Crippen LogP contribution in [0.1, 0.15) is 17.2 Å². The van der Waals surface area contributed by atoms with Crippen LogP contribution in [0.4, 0.5) is 5.95 Å². The number of nitrogens with zero attached hydrogens (tertiary/aromatic N) is 3. The van der Waals surface area contributed by atoms with Crippen LogP contribution in [0, 0.1) is 0 Å². The molecular formula is C19H17BrN4O2. The van der Waals surface area contributed by atoms with Gasteiger partial charge in [-0.3, -0.25) is 0 Å². The highest BCUT2D eigenvalue weighted by Crippen LogP contribution is 2.35. The fraction of sp³-hybridized carbons (Fsp3) is 0.158. The Kier molecular flexibility index (Phi) is 4.38. The molecule has 2 aromatic carbocycles. The van der Waals surface area contributed by atoms with Gasteiger partial charge in [0.25, 0.3) is 0 Å². The number of fused-ring (bicyclic) bond motifs is 1.